The Morgan fingerprint density at radius 2 is 1.80 bits per heavy atom. The van der Waals surface area contributed by atoms with Gasteiger partial charge in [0.05, 0.1) is 0 Å². The fourth-order valence-electron chi connectivity index (χ4n) is 2.65. The minimum absolute atomic E-state index is 0.218. The summed E-state index contributed by atoms with van der Waals surface area (Å²) in [6.45, 7) is 2.00. The average molecular weight is 276 g/mol. The highest BCUT2D eigenvalue weighted by Crippen LogP contribution is 2.28. The summed E-state index contributed by atoms with van der Waals surface area (Å²) in [6, 6.07) is 7.24. The summed E-state index contributed by atoms with van der Waals surface area (Å²) < 4.78 is 0. The minimum atomic E-state index is -1.07. The summed E-state index contributed by atoms with van der Waals surface area (Å²) in [7, 11) is 0. The van der Waals surface area contributed by atoms with Gasteiger partial charge >= 0.3 is 12.0 Å². The highest BCUT2D eigenvalue weighted by atomic mass is 16.4. The minimum Gasteiger partial charge on any atom is -0.479 e. The van der Waals surface area contributed by atoms with Gasteiger partial charge in [-0.25, -0.2) is 9.59 Å². The molecule has 0 saturated heterocycles. The van der Waals surface area contributed by atoms with Crippen LogP contribution in [0.4, 0.5) is 4.79 Å². The zero-order valence-corrected chi connectivity index (χ0v) is 11.6. The fraction of sp³-hybridized carbons (Fsp3) is 0.467. The van der Waals surface area contributed by atoms with E-state index in [0.29, 0.717) is 5.56 Å². The summed E-state index contributed by atoms with van der Waals surface area (Å²) in [4.78, 5) is 23.3. The van der Waals surface area contributed by atoms with Gasteiger partial charge in [0.2, 0.25) is 0 Å². The third-order valence-electron chi connectivity index (χ3n) is 3.78. The van der Waals surface area contributed by atoms with Crippen LogP contribution in [0.25, 0.3) is 0 Å². The lowest BCUT2D eigenvalue weighted by atomic mass is 10.0. The van der Waals surface area contributed by atoms with Crippen LogP contribution in [0.1, 0.15) is 44.2 Å². The van der Waals surface area contributed by atoms with Gasteiger partial charge in [0, 0.05) is 5.54 Å². The number of carboxylic acid groups (broad SMARTS) is 1. The van der Waals surface area contributed by atoms with Crippen LogP contribution in [0.3, 0.4) is 0 Å². The lowest BCUT2D eigenvalue weighted by Gasteiger charge is -2.26. The number of carbonyl (C=O) groups is 2. The van der Waals surface area contributed by atoms with E-state index in [4.69, 9.17) is 0 Å². The van der Waals surface area contributed by atoms with Crippen LogP contribution in [-0.4, -0.2) is 22.6 Å². The molecule has 1 aliphatic rings. The zero-order valence-electron chi connectivity index (χ0n) is 11.6. The van der Waals surface area contributed by atoms with E-state index in [2.05, 4.69) is 10.6 Å². The Hall–Kier alpha value is -2.04. The lowest BCUT2D eigenvalue weighted by molar-refractivity contribution is -0.139. The van der Waals surface area contributed by atoms with Gasteiger partial charge in [0.1, 0.15) is 0 Å². The summed E-state index contributed by atoms with van der Waals surface area (Å²) in [6.07, 6.45) is 4.06. The van der Waals surface area contributed by atoms with E-state index >= 15 is 0 Å². The highest BCUT2D eigenvalue weighted by Gasteiger charge is 2.31. The van der Waals surface area contributed by atoms with Crippen LogP contribution in [0, 0.1) is 0 Å². The van der Waals surface area contributed by atoms with Gasteiger partial charge in [0.25, 0.3) is 0 Å². The standard InChI is InChI=1S/C15H20N2O3/c1-15(9-5-6-10-15)17-14(20)16-12(13(18)19)11-7-3-2-4-8-11/h2-4,7-8,12H,5-6,9-10H2,1H3,(H,18,19)(H2,16,17,20)/t12-/m1/s1. The van der Waals surface area contributed by atoms with Crippen molar-refractivity contribution < 1.29 is 14.7 Å². The number of urea groups is 1. The predicted molar refractivity (Wildman–Crippen MR) is 75.4 cm³/mol. The van der Waals surface area contributed by atoms with Crippen LogP contribution >= 0.6 is 0 Å². The number of aliphatic carboxylic acids is 1. The van der Waals surface area contributed by atoms with E-state index in [-0.39, 0.29) is 5.54 Å². The van der Waals surface area contributed by atoms with Crippen molar-refractivity contribution in [2.45, 2.75) is 44.2 Å². The molecule has 5 heteroatoms. The molecule has 20 heavy (non-hydrogen) atoms. The van der Waals surface area contributed by atoms with Gasteiger partial charge in [-0.2, -0.15) is 0 Å². The Bertz CT molecular complexity index is 481. The SMILES string of the molecule is CC1(NC(=O)N[C@@H](C(=O)O)c2ccccc2)CCCC1. The molecule has 1 fully saturated rings. The third kappa shape index (κ3) is 3.50. The third-order valence-corrected chi connectivity index (χ3v) is 3.78. The van der Waals surface area contributed by atoms with Crippen molar-refractivity contribution >= 4 is 12.0 Å². The number of amides is 2. The smallest absolute Gasteiger partial charge is 0.330 e. The van der Waals surface area contributed by atoms with Crippen LogP contribution in [0.2, 0.25) is 0 Å². The predicted octanol–water partition coefficient (Wildman–Crippen LogP) is 2.44. The summed E-state index contributed by atoms with van der Waals surface area (Å²) >= 11 is 0. The second-order valence-corrected chi connectivity index (χ2v) is 5.55. The number of nitrogens with one attached hydrogen (secondary N) is 2. The number of hydrogen-bond donors (Lipinski definition) is 3. The summed E-state index contributed by atoms with van der Waals surface area (Å²) in [5.74, 6) is -1.07. The molecule has 1 aromatic carbocycles. The molecule has 0 bridgehead atoms. The highest BCUT2D eigenvalue weighted by molar-refractivity contribution is 5.84. The molecule has 1 aliphatic carbocycles. The van der Waals surface area contributed by atoms with Gasteiger partial charge < -0.3 is 15.7 Å². The number of carbonyl (C=O) groups excluding carboxylic acids is 1. The van der Waals surface area contributed by atoms with E-state index < -0.39 is 18.0 Å². The van der Waals surface area contributed by atoms with Crippen LogP contribution in [0.15, 0.2) is 30.3 Å². The first kappa shape index (κ1) is 14.4. The van der Waals surface area contributed by atoms with Crippen LogP contribution in [-0.2, 0) is 4.79 Å². The fourth-order valence-corrected chi connectivity index (χ4v) is 2.65. The van der Waals surface area contributed by atoms with Crippen LogP contribution < -0.4 is 10.6 Å². The second kappa shape index (κ2) is 5.94. The van der Waals surface area contributed by atoms with E-state index in [1.54, 1.807) is 24.3 Å². The summed E-state index contributed by atoms with van der Waals surface area (Å²) in [5, 5.41) is 14.7. The maximum absolute atomic E-state index is 12.0. The van der Waals surface area contributed by atoms with E-state index in [0.717, 1.165) is 25.7 Å². The van der Waals surface area contributed by atoms with Crippen molar-refractivity contribution in [3.63, 3.8) is 0 Å². The van der Waals surface area contributed by atoms with Crippen LogP contribution in [0.5, 0.6) is 0 Å². The molecule has 0 spiro atoms. The first-order chi connectivity index (χ1) is 9.50. The molecular formula is C15H20N2O3. The molecule has 0 heterocycles. The van der Waals surface area contributed by atoms with Gasteiger partial charge in [-0.05, 0) is 25.3 Å². The molecule has 1 saturated carbocycles. The van der Waals surface area contributed by atoms with Crippen molar-refractivity contribution in [1.82, 2.24) is 10.6 Å². The van der Waals surface area contributed by atoms with E-state index in [1.807, 2.05) is 13.0 Å². The average Bonchev–Trinajstić information content (AvgIpc) is 2.83. The number of rotatable bonds is 4. The van der Waals surface area contributed by atoms with Crippen molar-refractivity contribution in [2.75, 3.05) is 0 Å². The van der Waals surface area contributed by atoms with Gasteiger partial charge in [-0.3, -0.25) is 0 Å². The maximum Gasteiger partial charge on any atom is 0.330 e. The quantitative estimate of drug-likeness (QED) is 0.790. The Morgan fingerprint density at radius 3 is 2.35 bits per heavy atom. The van der Waals surface area contributed by atoms with Crippen molar-refractivity contribution in [1.29, 1.82) is 0 Å². The molecule has 5 nitrogen and oxygen atoms in total. The Morgan fingerprint density at radius 1 is 1.20 bits per heavy atom. The molecule has 1 atom stereocenters. The molecule has 0 aromatic heterocycles. The molecule has 3 N–H and O–H groups in total. The topological polar surface area (TPSA) is 78.4 Å². The Labute approximate surface area is 118 Å². The lowest BCUT2D eigenvalue weighted by Crippen LogP contribution is -2.50. The Balaban J connectivity index is 2.02. The number of benzene rings is 1. The number of hydrogen-bond acceptors (Lipinski definition) is 2. The van der Waals surface area contributed by atoms with Gasteiger partial charge in [-0.15, -0.1) is 0 Å². The van der Waals surface area contributed by atoms with Crippen molar-refractivity contribution in [2.24, 2.45) is 0 Å². The monoisotopic (exact) mass is 276 g/mol. The molecule has 0 radical (unpaired) electrons. The molecule has 0 unspecified atom stereocenters. The maximum atomic E-state index is 12.0. The van der Waals surface area contributed by atoms with Gasteiger partial charge in [0.15, 0.2) is 6.04 Å². The molecule has 108 valence electrons. The zero-order chi connectivity index (χ0) is 14.6. The molecule has 1 aromatic rings. The second-order valence-electron chi connectivity index (χ2n) is 5.55. The molecule has 0 aliphatic heterocycles. The normalized spacial score (nSPS) is 18.2. The number of carboxylic acids is 1. The first-order valence-electron chi connectivity index (χ1n) is 6.87. The van der Waals surface area contributed by atoms with E-state index in [9.17, 15) is 14.7 Å². The van der Waals surface area contributed by atoms with E-state index in [1.165, 1.54) is 0 Å². The summed E-state index contributed by atoms with van der Waals surface area (Å²) in [5.41, 5.74) is 0.343. The largest absolute Gasteiger partial charge is 0.479 e. The first-order valence-corrected chi connectivity index (χ1v) is 6.87. The van der Waals surface area contributed by atoms with Gasteiger partial charge in [-0.1, -0.05) is 43.2 Å². The molecule has 2 rings (SSSR count). The Kier molecular flexibility index (Phi) is 4.27. The molecule has 2 amide bonds. The van der Waals surface area contributed by atoms with Crippen molar-refractivity contribution in [3.8, 4) is 0 Å². The van der Waals surface area contributed by atoms with Crippen molar-refractivity contribution in [3.05, 3.63) is 35.9 Å². The molecular weight excluding hydrogens is 256 g/mol.